The molecule has 1 heterocycles. The van der Waals surface area contributed by atoms with E-state index in [-0.39, 0.29) is 0 Å². The lowest BCUT2D eigenvalue weighted by molar-refractivity contribution is 0.340. The van der Waals surface area contributed by atoms with Crippen LogP contribution in [0.25, 0.3) is 0 Å². The molecule has 0 fully saturated rings. The molecule has 0 unspecified atom stereocenters. The van der Waals surface area contributed by atoms with Gasteiger partial charge in [0.15, 0.2) is 0 Å². The van der Waals surface area contributed by atoms with Crippen molar-refractivity contribution in [3.05, 3.63) is 46.0 Å². The molecule has 0 aliphatic carbocycles. The molecule has 2 aromatic rings. The van der Waals surface area contributed by atoms with Crippen LogP contribution in [0.1, 0.15) is 24.0 Å². The van der Waals surface area contributed by atoms with Crippen LogP contribution in [0.2, 0.25) is 0 Å². The fourth-order valence-electron chi connectivity index (χ4n) is 1.91. The molecule has 0 radical (unpaired) electrons. The highest BCUT2D eigenvalue weighted by molar-refractivity contribution is 9.10. The van der Waals surface area contributed by atoms with E-state index < -0.39 is 0 Å². The lowest BCUT2D eigenvalue weighted by Crippen LogP contribution is -2.00. The zero-order valence-corrected chi connectivity index (χ0v) is 12.5. The van der Waals surface area contributed by atoms with Gasteiger partial charge in [-0.05, 0) is 47.5 Å². The molecule has 18 heavy (non-hydrogen) atoms. The Morgan fingerprint density at radius 1 is 1.39 bits per heavy atom. The minimum absolute atomic E-state index is 0.692. The maximum atomic E-state index is 5.52. The molecule has 0 atom stereocenters. The number of halogens is 1. The number of hydrogen-bond acceptors (Lipinski definition) is 2. The topological polar surface area (TPSA) is 27.1 Å². The van der Waals surface area contributed by atoms with Gasteiger partial charge in [0.25, 0.3) is 0 Å². The van der Waals surface area contributed by atoms with Crippen LogP contribution >= 0.6 is 15.9 Å². The van der Waals surface area contributed by atoms with Gasteiger partial charge in [0.1, 0.15) is 16.2 Å². The minimum atomic E-state index is 0.692. The van der Waals surface area contributed by atoms with Gasteiger partial charge in [0, 0.05) is 13.5 Å². The predicted molar refractivity (Wildman–Crippen MR) is 76.1 cm³/mol. The van der Waals surface area contributed by atoms with Crippen LogP contribution in [0.3, 0.4) is 0 Å². The first-order valence-electron chi connectivity index (χ1n) is 6.01. The molecule has 0 spiro atoms. The van der Waals surface area contributed by atoms with Crippen molar-refractivity contribution in [3.63, 3.8) is 0 Å². The van der Waals surface area contributed by atoms with Crippen molar-refractivity contribution < 1.29 is 4.74 Å². The third-order valence-electron chi connectivity index (χ3n) is 2.97. The van der Waals surface area contributed by atoms with E-state index in [9.17, 15) is 0 Å². The Balaban J connectivity index is 2.25. The van der Waals surface area contributed by atoms with Gasteiger partial charge >= 0.3 is 0 Å². The molecule has 0 aliphatic rings. The highest BCUT2D eigenvalue weighted by Gasteiger charge is 2.10. The van der Waals surface area contributed by atoms with E-state index in [1.165, 1.54) is 11.3 Å². The van der Waals surface area contributed by atoms with E-state index in [0.717, 1.165) is 22.6 Å². The van der Waals surface area contributed by atoms with E-state index in [0.29, 0.717) is 6.61 Å². The molecule has 0 amide bonds. The van der Waals surface area contributed by atoms with E-state index in [2.05, 4.69) is 37.6 Å². The summed E-state index contributed by atoms with van der Waals surface area (Å²) in [7, 11) is 2.04. The lowest BCUT2D eigenvalue weighted by Gasteiger charge is -2.07. The van der Waals surface area contributed by atoms with Crippen molar-refractivity contribution in [1.29, 1.82) is 0 Å². The maximum Gasteiger partial charge on any atom is 0.127 e. The average molecular weight is 309 g/mol. The summed E-state index contributed by atoms with van der Waals surface area (Å²) in [5.74, 6) is 1.93. The first-order valence-corrected chi connectivity index (χ1v) is 6.80. The average Bonchev–Trinajstić information content (AvgIpc) is 2.57. The zero-order valence-electron chi connectivity index (χ0n) is 10.9. The normalized spacial score (nSPS) is 10.7. The maximum absolute atomic E-state index is 5.52. The van der Waals surface area contributed by atoms with Crippen molar-refractivity contribution in [2.75, 3.05) is 6.61 Å². The van der Waals surface area contributed by atoms with Crippen LogP contribution in [0.4, 0.5) is 0 Å². The number of aromatic nitrogens is 2. The van der Waals surface area contributed by atoms with Gasteiger partial charge in [0.05, 0.1) is 12.3 Å². The monoisotopic (exact) mass is 308 g/mol. The van der Waals surface area contributed by atoms with Crippen molar-refractivity contribution in [1.82, 2.24) is 9.55 Å². The van der Waals surface area contributed by atoms with E-state index in [4.69, 9.17) is 4.74 Å². The fourth-order valence-corrected chi connectivity index (χ4v) is 2.57. The first kappa shape index (κ1) is 13.1. The second-order valence-electron chi connectivity index (χ2n) is 4.21. The standard InChI is InChI=1S/C14H17BrN2O/c1-4-18-12-7-5-6-11(8-12)9-13-14(15)16-10(2)17(13)3/h5-8H,4,9H2,1-3H3. The van der Waals surface area contributed by atoms with E-state index in [1.54, 1.807) is 0 Å². The molecule has 0 N–H and O–H groups in total. The van der Waals surface area contributed by atoms with Crippen LogP contribution in [0, 0.1) is 6.92 Å². The van der Waals surface area contributed by atoms with Gasteiger partial charge in [-0.3, -0.25) is 0 Å². The molecule has 0 bridgehead atoms. The van der Waals surface area contributed by atoms with Gasteiger partial charge in [-0.25, -0.2) is 4.98 Å². The summed E-state index contributed by atoms with van der Waals surface area (Å²) in [6.45, 7) is 4.69. The van der Waals surface area contributed by atoms with Crippen LogP contribution in [-0.2, 0) is 13.5 Å². The third kappa shape index (κ3) is 2.75. The molecular weight excluding hydrogens is 292 g/mol. The Bertz CT molecular complexity index is 549. The fraction of sp³-hybridized carbons (Fsp3) is 0.357. The molecule has 2 rings (SSSR count). The molecular formula is C14H17BrN2O. The second kappa shape index (κ2) is 5.57. The number of rotatable bonds is 4. The number of benzene rings is 1. The van der Waals surface area contributed by atoms with Crippen LogP contribution in [-0.4, -0.2) is 16.2 Å². The second-order valence-corrected chi connectivity index (χ2v) is 4.96. The van der Waals surface area contributed by atoms with Gasteiger partial charge in [-0.2, -0.15) is 0 Å². The van der Waals surface area contributed by atoms with Crippen LogP contribution < -0.4 is 4.74 Å². The quantitative estimate of drug-likeness (QED) is 0.864. The Morgan fingerprint density at radius 2 is 2.17 bits per heavy atom. The Labute approximate surface area is 116 Å². The van der Waals surface area contributed by atoms with Crippen molar-refractivity contribution in [3.8, 4) is 5.75 Å². The number of ether oxygens (including phenoxy) is 1. The predicted octanol–water partition coefficient (Wildman–Crippen LogP) is 3.48. The number of hydrogen-bond donors (Lipinski definition) is 0. The van der Waals surface area contributed by atoms with Crippen molar-refractivity contribution in [2.45, 2.75) is 20.3 Å². The highest BCUT2D eigenvalue weighted by atomic mass is 79.9. The van der Waals surface area contributed by atoms with Crippen LogP contribution in [0.15, 0.2) is 28.9 Å². The summed E-state index contributed by atoms with van der Waals surface area (Å²) in [6.07, 6.45) is 0.846. The lowest BCUT2D eigenvalue weighted by atomic mass is 10.1. The molecule has 3 nitrogen and oxygen atoms in total. The molecule has 0 aliphatic heterocycles. The smallest absolute Gasteiger partial charge is 0.127 e. The number of imidazole rings is 1. The Kier molecular flexibility index (Phi) is 4.07. The number of nitrogens with zero attached hydrogens (tertiary/aromatic N) is 2. The molecule has 0 saturated carbocycles. The summed E-state index contributed by atoms with van der Waals surface area (Å²) < 4.78 is 8.54. The molecule has 1 aromatic heterocycles. The molecule has 1 aromatic carbocycles. The van der Waals surface area contributed by atoms with E-state index in [1.807, 2.05) is 33.0 Å². The number of aryl methyl sites for hydroxylation is 1. The van der Waals surface area contributed by atoms with Gasteiger partial charge < -0.3 is 9.30 Å². The Morgan fingerprint density at radius 3 is 2.78 bits per heavy atom. The van der Waals surface area contributed by atoms with Gasteiger partial charge in [0.2, 0.25) is 0 Å². The highest BCUT2D eigenvalue weighted by Crippen LogP contribution is 2.22. The van der Waals surface area contributed by atoms with Crippen molar-refractivity contribution >= 4 is 15.9 Å². The first-order chi connectivity index (χ1) is 8.61. The van der Waals surface area contributed by atoms with Gasteiger partial charge in [-0.15, -0.1) is 0 Å². The summed E-state index contributed by atoms with van der Waals surface area (Å²) in [5, 5.41) is 0. The molecule has 4 heteroatoms. The zero-order chi connectivity index (χ0) is 13.1. The Hall–Kier alpha value is -1.29. The van der Waals surface area contributed by atoms with E-state index >= 15 is 0 Å². The minimum Gasteiger partial charge on any atom is -0.494 e. The third-order valence-corrected chi connectivity index (χ3v) is 3.60. The summed E-state index contributed by atoms with van der Waals surface area (Å²) in [5.41, 5.74) is 2.41. The summed E-state index contributed by atoms with van der Waals surface area (Å²) >= 11 is 3.51. The summed E-state index contributed by atoms with van der Waals surface area (Å²) in [6, 6.07) is 8.20. The molecule has 0 saturated heterocycles. The van der Waals surface area contributed by atoms with Crippen molar-refractivity contribution in [2.24, 2.45) is 7.05 Å². The van der Waals surface area contributed by atoms with Gasteiger partial charge in [-0.1, -0.05) is 12.1 Å². The SMILES string of the molecule is CCOc1cccc(Cc2c(Br)nc(C)n2C)c1. The summed E-state index contributed by atoms with van der Waals surface area (Å²) in [4.78, 5) is 4.41. The largest absolute Gasteiger partial charge is 0.494 e. The molecule has 96 valence electrons. The van der Waals surface area contributed by atoms with Crippen LogP contribution in [0.5, 0.6) is 5.75 Å².